The van der Waals surface area contributed by atoms with Crippen molar-refractivity contribution in [3.05, 3.63) is 92.9 Å². The van der Waals surface area contributed by atoms with Crippen molar-refractivity contribution in [3.63, 3.8) is 0 Å². The van der Waals surface area contributed by atoms with Crippen LogP contribution in [0.1, 0.15) is 331 Å². The zero-order chi connectivity index (χ0) is 153. The number of fused-ring (bicyclic) bond motifs is 12. The van der Waals surface area contributed by atoms with Crippen molar-refractivity contribution in [1.82, 2.24) is 19.6 Å². The second kappa shape index (κ2) is 43.9. The van der Waals surface area contributed by atoms with Crippen molar-refractivity contribution in [2.75, 3.05) is 109 Å². The third kappa shape index (κ3) is 23.8. The average molecular weight is 1750 g/mol. The largest absolute Gasteiger partial charge is 0.493 e. The smallest absolute Gasteiger partial charge is 0.323 e. The standard InChI is InChI=1S/4C24H38N2O4/c4*1-14(2)9-17-13-26-8-7-16-10-21(28-5)22(29-6)11-18(16)19(26)12-20(17)30-24(27)23(25)15(3)4/h4*10-11,14-15,17,19-20,23H,7-9,12-13,25H2,1-6H3/t4*17?,19?,20?,23-/m0000/s1/i2*3D3,4D3,5D3,10D,11D,12D2,13D2,15D,17D,19D,20D,23D;3D3,4D3,10D,11D,12D2,13D2,15D,17D,19D,20D,23D;3D3,4D3,7D2,8D2,12D2,13D2,15D,17D,23D. The van der Waals surface area contributed by atoms with E-state index in [1.807, 2.05) is 0 Å². The number of hydrogen-bond acceptors (Lipinski definition) is 24. The molecule has 8 heterocycles. The van der Waals surface area contributed by atoms with Gasteiger partial charge in [-0.05, 0) is 191 Å². The van der Waals surface area contributed by atoms with E-state index in [9.17, 15) is 49.3 Å². The molecule has 4 aromatic carbocycles. The maximum absolute atomic E-state index is 13.8. The van der Waals surface area contributed by atoms with E-state index in [1.54, 1.807) is 0 Å². The minimum absolute atomic E-state index is 0.0837. The zero-order valence-electron chi connectivity index (χ0n) is 142. The predicted molar refractivity (Wildman–Crippen MR) is 471 cm³/mol. The van der Waals surface area contributed by atoms with E-state index >= 15 is 0 Å². The summed E-state index contributed by atoms with van der Waals surface area (Å²) in [4.78, 5) is 56.7. The normalized spacial score (nSPS) is 46.7. The molecule has 4 aromatic rings. The SMILES string of the molecule is [2H]C1([2H])C2c3cc(OC)c(OC)cc3C([2H])([2H])C([2H])([2H])N2C([2H])([2H])C([2H])(CC(C)C)C1OC(=O)[C@@]([2H])(N)C([2H])(C([2H])([2H])[2H])C([2H])([2H])[2H].[2H]c1c2c(c([2H])c(OC)c1OC([2H])([2H])[2H])C1([2H])N(CC2)C([2H])([2H])C([2H])(CC(C)C)C([2H])(OC(=O)[C@@]([2H])(N)C([2H])(C([2H])([2H])[2H])C([2H])([2H])[2H])C1([2H])[2H].[2H]c1c2c(c([2H])c(OC)c1OC([2H])([2H])[2H])C1([2H])N(CC2)C([2H])([2H])C([2H])(CC(C)C)C([2H])(OC(=O)[C@@]([2H])(N)C([2H])(C([2H])([2H])[2H])C([2H])([2H])[2H])C1([2H])[2H].[2H]c1c2c(c([2H])c(OC)c1OC)C1([2H])N(CC2)C([2H])([2H])C([2H])(CC(C)C)C([2H])(OC(=O)[C@@]([2H])(N)C([2H])(C([2H])([2H])[2H])C([2H])([2H])[2H])C1([2H])[2H]. The Balaban J connectivity index is 0.000000281. The van der Waals surface area contributed by atoms with Crippen LogP contribution >= 0.6 is 0 Å². The predicted octanol–water partition coefficient (Wildman–Crippen LogP) is 14.3. The molecule has 672 valence electrons. The van der Waals surface area contributed by atoms with Crippen LogP contribution in [0.25, 0.3) is 0 Å². The van der Waals surface area contributed by atoms with Crippen LogP contribution in [-0.2, 0) is 63.8 Å². The van der Waals surface area contributed by atoms with E-state index in [-0.39, 0.29) is 39.7 Å². The summed E-state index contributed by atoms with van der Waals surface area (Å²) < 4.78 is 688. The lowest BCUT2D eigenvalue weighted by atomic mass is 9.79. The van der Waals surface area contributed by atoms with Crippen LogP contribution in [0.15, 0.2) is 48.4 Å². The molecule has 0 radical (unpaired) electrons. The van der Waals surface area contributed by atoms with Gasteiger partial charge in [-0.2, -0.15) is 0 Å². The lowest BCUT2D eigenvalue weighted by molar-refractivity contribution is -0.161. The highest BCUT2D eigenvalue weighted by atomic mass is 16.6. The van der Waals surface area contributed by atoms with Crippen molar-refractivity contribution in [2.24, 2.45) is 93.8 Å². The first-order valence-electron chi connectivity index (χ1n) is 74.2. The number of piperidine rings is 4. The number of carbonyl (C=O) groups is 4. The van der Waals surface area contributed by atoms with Gasteiger partial charge in [0.15, 0.2) is 46.0 Å². The topological polar surface area (TPSA) is 296 Å². The van der Waals surface area contributed by atoms with E-state index in [2.05, 4.69) is 0 Å². The molecule has 8 N–H and O–H groups in total. The summed E-state index contributed by atoms with van der Waals surface area (Å²) in [6, 6.07) is -31.4. The Bertz CT molecular complexity index is 7330. The van der Waals surface area contributed by atoms with Gasteiger partial charge in [-0.3, -0.25) is 38.8 Å². The summed E-state index contributed by atoms with van der Waals surface area (Å²) in [5.74, 6) is -46.3. The first kappa shape index (κ1) is 37.2. The summed E-state index contributed by atoms with van der Waals surface area (Å²) in [5.41, 5.74) is 18.4. The monoisotopic (exact) mass is 1750 g/mol. The van der Waals surface area contributed by atoms with E-state index < -0.39 is 457 Å². The lowest BCUT2D eigenvalue weighted by Crippen LogP contribution is -2.51. The molecule has 12 rings (SSSR count). The molecule has 8 aliphatic rings. The quantitative estimate of drug-likeness (QED) is 0.0303. The number of nitrogens with two attached hydrogens (primary N) is 4. The Labute approximate surface area is 822 Å². The number of ether oxygens (including phenoxy) is 12. The van der Waals surface area contributed by atoms with Crippen LogP contribution in [0.3, 0.4) is 0 Å². The molecular formula is C96H152N8O16. The molecule has 24 heteroatoms. The van der Waals surface area contributed by atoms with Crippen molar-refractivity contribution in [3.8, 4) is 46.0 Å². The number of methoxy groups -OCH3 is 8. The van der Waals surface area contributed by atoms with Gasteiger partial charge < -0.3 is 79.8 Å². The van der Waals surface area contributed by atoms with Crippen LogP contribution in [0.4, 0.5) is 0 Å². The van der Waals surface area contributed by atoms with Gasteiger partial charge in [-0.15, -0.1) is 0 Å². The maximum atomic E-state index is 13.8. The van der Waals surface area contributed by atoms with E-state index in [1.165, 1.54) is 76.7 Å². The maximum Gasteiger partial charge on any atom is 0.323 e. The number of nitrogens with zero attached hydrogens (tertiary/aromatic N) is 4. The number of carbonyl (C=O) groups excluding carboxylic acids is 4. The fourth-order valence-electron chi connectivity index (χ4n) is 12.6. The lowest BCUT2D eigenvalue weighted by Gasteiger charge is -2.47. The summed E-state index contributed by atoms with van der Waals surface area (Å²) >= 11 is 0. The van der Waals surface area contributed by atoms with Crippen molar-refractivity contribution < 1.29 is 177 Å². The Morgan fingerprint density at radius 3 is 1.02 bits per heavy atom. The molecule has 0 aromatic heterocycles. The van der Waals surface area contributed by atoms with Crippen LogP contribution in [0.2, 0.25) is 0 Å². The summed E-state index contributed by atoms with van der Waals surface area (Å²) in [6.07, 6.45) is -37.0. The fourth-order valence-corrected chi connectivity index (χ4v) is 12.6. The van der Waals surface area contributed by atoms with Gasteiger partial charge >= 0.3 is 23.9 Å². The minimum atomic E-state index is -4.20. The van der Waals surface area contributed by atoms with Gasteiger partial charge in [-0.1, -0.05) is 110 Å². The van der Waals surface area contributed by atoms with Crippen molar-refractivity contribution >= 4 is 23.9 Å². The third-order valence-corrected chi connectivity index (χ3v) is 18.2. The van der Waals surface area contributed by atoms with Gasteiger partial charge in [0, 0.05) is 197 Å². The van der Waals surface area contributed by atoms with Crippen molar-refractivity contribution in [1.29, 1.82) is 0 Å². The molecule has 0 saturated carbocycles. The molecular weight excluding hydrogens is 1520 g/mol. The molecule has 4 fully saturated rings. The van der Waals surface area contributed by atoms with Crippen LogP contribution in [0, 0.1) is 70.8 Å². The molecule has 0 aliphatic carbocycles. The Morgan fingerprint density at radius 1 is 0.400 bits per heavy atom. The third-order valence-electron chi connectivity index (χ3n) is 18.2. The number of esters is 4. The number of hydrogen-bond donors (Lipinski definition) is 4. The van der Waals surface area contributed by atoms with Gasteiger partial charge in [0.1, 0.15) is 48.4 Å². The number of aryl methyl sites for hydroxylation is 1. The zero-order valence-corrected chi connectivity index (χ0v) is 68.3. The second-order valence-electron chi connectivity index (χ2n) is 28.8. The highest BCUT2D eigenvalue weighted by Gasteiger charge is 2.47. The Morgan fingerprint density at radius 2 is 0.700 bits per heavy atom. The fraction of sp³-hybridized carbons (Fsp3) is 0.708. The second-order valence-corrected chi connectivity index (χ2v) is 28.8. The molecule has 120 heavy (non-hydrogen) atoms. The Kier molecular flexibility index (Phi) is 13.6. The van der Waals surface area contributed by atoms with Gasteiger partial charge in [0.05, 0.1) is 86.9 Å². The first-order chi connectivity index (χ1) is 85.7. The first-order valence-corrected chi connectivity index (χ1v) is 37.2. The molecule has 4 saturated heterocycles. The molecule has 16 atom stereocenters. The highest BCUT2D eigenvalue weighted by Crippen LogP contribution is 2.50. The van der Waals surface area contributed by atoms with E-state index in [0.29, 0.717) is 14.7 Å². The summed E-state index contributed by atoms with van der Waals surface area (Å²) in [6.45, 7) is -39.1. The molecule has 24 nitrogen and oxygen atoms in total. The van der Waals surface area contributed by atoms with Crippen LogP contribution in [-0.4, -0.2) is 201 Å². The summed E-state index contributed by atoms with van der Waals surface area (Å²) in [5, 5.41) is 0. The van der Waals surface area contributed by atoms with E-state index in [4.69, 9.17) is 151 Å². The molecule has 0 spiro atoms. The van der Waals surface area contributed by atoms with Crippen LogP contribution in [0.5, 0.6) is 46.0 Å². The van der Waals surface area contributed by atoms with Crippen LogP contribution < -0.4 is 60.8 Å². The van der Waals surface area contributed by atoms with Crippen molar-refractivity contribution in [2.45, 2.75) is 260 Å². The average Bonchev–Trinajstić information content (AvgIpc) is 0.653. The van der Waals surface area contributed by atoms with Gasteiger partial charge in [0.25, 0.3) is 0 Å². The number of benzene rings is 4. The molecule has 8 aliphatic heterocycles. The molecule has 0 amide bonds. The molecule has 0 bridgehead atoms. The highest BCUT2D eigenvalue weighted by molar-refractivity contribution is 5.77. The molecule has 12 unspecified atom stereocenters. The van der Waals surface area contributed by atoms with E-state index in [0.717, 1.165) is 33.5 Å². The summed E-state index contributed by atoms with van der Waals surface area (Å²) in [7, 11) is 0.177. The Hall–Kier alpha value is -7.16. The number of rotatable bonds is 28. The minimum Gasteiger partial charge on any atom is -0.493 e. The van der Waals surface area contributed by atoms with Gasteiger partial charge in [0.2, 0.25) is 0 Å². The van der Waals surface area contributed by atoms with Gasteiger partial charge in [-0.25, -0.2) is 0 Å².